The molecule has 0 fully saturated rings. The van der Waals surface area contributed by atoms with Crippen molar-refractivity contribution in [3.05, 3.63) is 40.9 Å². The van der Waals surface area contributed by atoms with Crippen LogP contribution in [0.15, 0.2) is 30.9 Å². The Labute approximate surface area is 107 Å². The topological polar surface area (TPSA) is 12.0 Å². The molecule has 88 valence electrons. The number of halogens is 2. The molecule has 1 aromatic rings. The molecule has 1 rings (SSSR count). The van der Waals surface area contributed by atoms with Crippen molar-refractivity contribution in [2.24, 2.45) is 0 Å². The predicted octanol–water partition coefficient (Wildman–Crippen LogP) is 5.15. The number of hydrogen-bond donors (Lipinski definition) is 1. The average Bonchev–Trinajstić information content (AvgIpc) is 2.26. The lowest BCUT2D eigenvalue weighted by atomic mass is 10.2. The van der Waals surface area contributed by atoms with Gasteiger partial charge in [-0.05, 0) is 37.5 Å². The second kappa shape index (κ2) is 7.59. The van der Waals surface area contributed by atoms with Crippen LogP contribution in [0.1, 0.15) is 25.7 Å². The fourth-order valence-electron chi connectivity index (χ4n) is 1.45. The Kier molecular flexibility index (Phi) is 6.36. The lowest BCUT2D eigenvalue weighted by molar-refractivity contribution is 0.709. The third-order valence-electron chi connectivity index (χ3n) is 2.33. The molecule has 0 spiro atoms. The Bertz CT molecular complexity index is 337. The van der Waals surface area contributed by atoms with Gasteiger partial charge in [0.1, 0.15) is 0 Å². The van der Waals surface area contributed by atoms with Crippen LogP contribution in [0.5, 0.6) is 0 Å². The van der Waals surface area contributed by atoms with E-state index in [1.807, 2.05) is 18.2 Å². The van der Waals surface area contributed by atoms with Gasteiger partial charge >= 0.3 is 0 Å². The van der Waals surface area contributed by atoms with Crippen molar-refractivity contribution in [2.75, 3.05) is 11.9 Å². The Hall–Kier alpha value is -0.660. The zero-order valence-electron chi connectivity index (χ0n) is 9.31. The zero-order valence-corrected chi connectivity index (χ0v) is 10.8. The second-order valence-corrected chi connectivity index (χ2v) is 4.53. The highest BCUT2D eigenvalue weighted by molar-refractivity contribution is 6.36. The van der Waals surface area contributed by atoms with E-state index in [0.717, 1.165) is 25.1 Å². The maximum absolute atomic E-state index is 6.03. The van der Waals surface area contributed by atoms with Crippen LogP contribution in [0.2, 0.25) is 10.0 Å². The first-order valence-electron chi connectivity index (χ1n) is 5.54. The summed E-state index contributed by atoms with van der Waals surface area (Å²) in [5, 5.41) is 4.65. The SMILES string of the molecule is C=CCCCCCNc1ccc(Cl)cc1Cl. The van der Waals surface area contributed by atoms with Crippen LogP contribution in [0.25, 0.3) is 0 Å². The molecule has 0 unspecified atom stereocenters. The first-order chi connectivity index (χ1) is 7.74. The molecule has 0 aliphatic rings. The molecular weight excluding hydrogens is 241 g/mol. The van der Waals surface area contributed by atoms with Gasteiger partial charge in [0, 0.05) is 11.6 Å². The van der Waals surface area contributed by atoms with Crippen LogP contribution in [-0.2, 0) is 0 Å². The van der Waals surface area contributed by atoms with Gasteiger partial charge in [0.15, 0.2) is 0 Å². The molecule has 1 N–H and O–H groups in total. The lowest BCUT2D eigenvalue weighted by Crippen LogP contribution is -2.01. The fourth-order valence-corrected chi connectivity index (χ4v) is 1.92. The Morgan fingerprint density at radius 3 is 2.69 bits per heavy atom. The quantitative estimate of drug-likeness (QED) is 0.526. The Balaban J connectivity index is 2.24. The van der Waals surface area contributed by atoms with Crippen molar-refractivity contribution in [3.8, 4) is 0 Å². The van der Waals surface area contributed by atoms with Gasteiger partial charge in [0.2, 0.25) is 0 Å². The number of allylic oxidation sites excluding steroid dienone is 1. The summed E-state index contributed by atoms with van der Waals surface area (Å²) >= 11 is 11.8. The molecule has 0 saturated heterocycles. The van der Waals surface area contributed by atoms with E-state index in [-0.39, 0.29) is 0 Å². The number of unbranched alkanes of at least 4 members (excludes halogenated alkanes) is 3. The maximum Gasteiger partial charge on any atom is 0.0652 e. The predicted molar refractivity (Wildman–Crippen MR) is 73.6 cm³/mol. The van der Waals surface area contributed by atoms with E-state index in [1.54, 1.807) is 6.07 Å². The van der Waals surface area contributed by atoms with Gasteiger partial charge in [-0.25, -0.2) is 0 Å². The van der Waals surface area contributed by atoms with Crippen LogP contribution in [-0.4, -0.2) is 6.54 Å². The summed E-state index contributed by atoms with van der Waals surface area (Å²) in [6, 6.07) is 5.51. The van der Waals surface area contributed by atoms with E-state index in [2.05, 4.69) is 11.9 Å². The molecule has 0 aliphatic heterocycles. The van der Waals surface area contributed by atoms with E-state index in [9.17, 15) is 0 Å². The van der Waals surface area contributed by atoms with Crippen molar-refractivity contribution in [1.82, 2.24) is 0 Å². The minimum absolute atomic E-state index is 0.668. The fraction of sp³-hybridized carbons (Fsp3) is 0.385. The summed E-state index contributed by atoms with van der Waals surface area (Å²) < 4.78 is 0. The summed E-state index contributed by atoms with van der Waals surface area (Å²) in [7, 11) is 0. The number of anilines is 1. The molecular formula is C13H17Cl2N. The number of hydrogen-bond acceptors (Lipinski definition) is 1. The Morgan fingerprint density at radius 2 is 2.00 bits per heavy atom. The van der Waals surface area contributed by atoms with Gasteiger partial charge in [-0.2, -0.15) is 0 Å². The van der Waals surface area contributed by atoms with Crippen LogP contribution >= 0.6 is 23.2 Å². The van der Waals surface area contributed by atoms with E-state index in [1.165, 1.54) is 12.8 Å². The highest BCUT2D eigenvalue weighted by atomic mass is 35.5. The first-order valence-corrected chi connectivity index (χ1v) is 6.29. The van der Waals surface area contributed by atoms with Crippen molar-refractivity contribution < 1.29 is 0 Å². The normalized spacial score (nSPS) is 10.1. The third kappa shape index (κ3) is 4.91. The second-order valence-electron chi connectivity index (χ2n) is 3.69. The Morgan fingerprint density at radius 1 is 1.19 bits per heavy atom. The van der Waals surface area contributed by atoms with Crippen molar-refractivity contribution in [1.29, 1.82) is 0 Å². The molecule has 1 aromatic carbocycles. The molecule has 0 radical (unpaired) electrons. The van der Waals surface area contributed by atoms with Crippen LogP contribution in [0.4, 0.5) is 5.69 Å². The number of rotatable bonds is 7. The third-order valence-corrected chi connectivity index (χ3v) is 2.88. The molecule has 16 heavy (non-hydrogen) atoms. The molecule has 0 bridgehead atoms. The molecule has 0 saturated carbocycles. The summed E-state index contributed by atoms with van der Waals surface area (Å²) in [6.07, 6.45) is 6.63. The molecule has 0 amide bonds. The smallest absolute Gasteiger partial charge is 0.0652 e. The van der Waals surface area contributed by atoms with E-state index in [0.29, 0.717) is 10.0 Å². The largest absolute Gasteiger partial charge is 0.384 e. The lowest BCUT2D eigenvalue weighted by Gasteiger charge is -2.08. The summed E-state index contributed by atoms with van der Waals surface area (Å²) in [6.45, 7) is 4.64. The summed E-state index contributed by atoms with van der Waals surface area (Å²) in [5.41, 5.74) is 0.954. The highest BCUT2D eigenvalue weighted by Crippen LogP contribution is 2.25. The first kappa shape index (κ1) is 13.4. The van der Waals surface area contributed by atoms with Gasteiger partial charge in [0.25, 0.3) is 0 Å². The molecule has 0 heterocycles. The summed E-state index contributed by atoms with van der Waals surface area (Å²) in [5.74, 6) is 0. The van der Waals surface area contributed by atoms with Crippen molar-refractivity contribution in [2.45, 2.75) is 25.7 Å². The number of benzene rings is 1. The monoisotopic (exact) mass is 257 g/mol. The molecule has 0 atom stereocenters. The minimum atomic E-state index is 0.668. The van der Waals surface area contributed by atoms with Crippen LogP contribution in [0, 0.1) is 0 Å². The van der Waals surface area contributed by atoms with Gasteiger partial charge in [-0.3, -0.25) is 0 Å². The van der Waals surface area contributed by atoms with Gasteiger partial charge in [-0.15, -0.1) is 6.58 Å². The van der Waals surface area contributed by atoms with Crippen LogP contribution in [0.3, 0.4) is 0 Å². The molecule has 1 nitrogen and oxygen atoms in total. The number of nitrogens with one attached hydrogen (secondary N) is 1. The molecule has 0 aliphatic carbocycles. The van der Waals surface area contributed by atoms with Crippen LogP contribution < -0.4 is 5.32 Å². The molecule has 3 heteroatoms. The van der Waals surface area contributed by atoms with Gasteiger partial charge in [-0.1, -0.05) is 35.7 Å². The van der Waals surface area contributed by atoms with Crippen molar-refractivity contribution in [3.63, 3.8) is 0 Å². The zero-order chi connectivity index (χ0) is 11.8. The maximum atomic E-state index is 6.03. The summed E-state index contributed by atoms with van der Waals surface area (Å²) in [4.78, 5) is 0. The van der Waals surface area contributed by atoms with E-state index in [4.69, 9.17) is 23.2 Å². The van der Waals surface area contributed by atoms with E-state index < -0.39 is 0 Å². The standard InChI is InChI=1S/C13H17Cl2N/c1-2-3-4-5-6-9-16-13-8-7-11(14)10-12(13)15/h2,7-8,10,16H,1,3-6,9H2. The van der Waals surface area contributed by atoms with Gasteiger partial charge in [0.05, 0.1) is 10.7 Å². The van der Waals surface area contributed by atoms with Gasteiger partial charge < -0.3 is 5.32 Å². The highest BCUT2D eigenvalue weighted by Gasteiger charge is 1.99. The van der Waals surface area contributed by atoms with E-state index >= 15 is 0 Å². The molecule has 0 aromatic heterocycles. The minimum Gasteiger partial charge on any atom is -0.384 e. The van der Waals surface area contributed by atoms with Crippen molar-refractivity contribution >= 4 is 28.9 Å². The average molecular weight is 258 g/mol.